The van der Waals surface area contributed by atoms with E-state index in [4.69, 9.17) is 0 Å². The van der Waals surface area contributed by atoms with Gasteiger partial charge in [0.25, 0.3) is 5.91 Å². The molecule has 1 atom stereocenters. The number of hydrazine groups is 1. The number of phenols is 1. The number of phenolic OH excluding ortho intramolecular Hbond substituents is 1. The van der Waals surface area contributed by atoms with Crippen LogP contribution in [0.2, 0.25) is 0 Å². The molecule has 2 aliphatic rings. The number of anilines is 2. The first-order valence-corrected chi connectivity index (χ1v) is 7.42. The second-order valence-corrected chi connectivity index (χ2v) is 5.65. The first-order chi connectivity index (χ1) is 12.0. The average Bonchev–Trinajstić information content (AvgIpc) is 3.10. The summed E-state index contributed by atoms with van der Waals surface area (Å²) in [5.41, 5.74) is 5.03. The van der Waals surface area contributed by atoms with Gasteiger partial charge in [0.1, 0.15) is 5.75 Å². The Morgan fingerprint density at radius 3 is 2.56 bits per heavy atom. The summed E-state index contributed by atoms with van der Waals surface area (Å²) in [4.78, 5) is 23.8. The van der Waals surface area contributed by atoms with Crippen molar-refractivity contribution in [2.45, 2.75) is 5.54 Å². The third-order valence-electron chi connectivity index (χ3n) is 4.21. The number of nitro groups is 1. The molecule has 2 aliphatic heterocycles. The van der Waals surface area contributed by atoms with Crippen molar-refractivity contribution in [2.75, 3.05) is 10.6 Å². The van der Waals surface area contributed by atoms with E-state index in [1.54, 1.807) is 36.4 Å². The average molecular weight is 339 g/mol. The highest BCUT2D eigenvalue weighted by atomic mass is 16.6. The number of aromatic hydroxyl groups is 1. The van der Waals surface area contributed by atoms with Crippen LogP contribution >= 0.6 is 0 Å². The van der Waals surface area contributed by atoms with Crippen molar-refractivity contribution in [1.82, 2.24) is 10.9 Å². The summed E-state index contributed by atoms with van der Waals surface area (Å²) in [5.74, 6) is -0.398. The fourth-order valence-corrected chi connectivity index (χ4v) is 3.09. The maximum atomic E-state index is 12.6. The lowest BCUT2D eigenvalue weighted by Crippen LogP contribution is -2.50. The number of amides is 1. The molecular formula is C16H13N5O4. The molecule has 0 saturated heterocycles. The van der Waals surface area contributed by atoms with Crippen LogP contribution in [0.5, 0.6) is 5.75 Å². The molecule has 0 saturated carbocycles. The number of rotatable bonds is 3. The lowest BCUT2D eigenvalue weighted by Gasteiger charge is -2.18. The predicted molar refractivity (Wildman–Crippen MR) is 88.8 cm³/mol. The molecule has 1 unspecified atom stereocenters. The number of para-hydroxylation sites is 1. The maximum Gasteiger partial charge on any atom is 0.323 e. The van der Waals surface area contributed by atoms with Crippen LogP contribution in [0.1, 0.15) is 5.56 Å². The molecule has 0 radical (unpaired) electrons. The van der Waals surface area contributed by atoms with E-state index in [0.717, 1.165) is 0 Å². The number of nitrogens with zero attached hydrogens (tertiary/aromatic N) is 1. The molecule has 5 N–H and O–H groups in total. The molecule has 2 heterocycles. The summed E-state index contributed by atoms with van der Waals surface area (Å²) in [7, 11) is 0. The highest BCUT2D eigenvalue weighted by Gasteiger charge is 2.61. The van der Waals surface area contributed by atoms with Crippen LogP contribution in [0.15, 0.2) is 60.0 Å². The van der Waals surface area contributed by atoms with Gasteiger partial charge < -0.3 is 15.7 Å². The first kappa shape index (κ1) is 15.0. The van der Waals surface area contributed by atoms with E-state index < -0.39 is 16.4 Å². The molecule has 2 aromatic carbocycles. The topological polar surface area (TPSA) is 129 Å². The molecule has 9 nitrogen and oxygen atoms in total. The Morgan fingerprint density at radius 2 is 1.84 bits per heavy atom. The Bertz CT molecular complexity index is 924. The lowest BCUT2D eigenvalue weighted by atomic mass is 9.89. The summed E-state index contributed by atoms with van der Waals surface area (Å²) in [5, 5.41) is 26.7. The van der Waals surface area contributed by atoms with E-state index in [1.807, 2.05) is 0 Å². The third-order valence-corrected chi connectivity index (χ3v) is 4.21. The van der Waals surface area contributed by atoms with Gasteiger partial charge in [-0.3, -0.25) is 20.3 Å². The number of benzene rings is 2. The summed E-state index contributed by atoms with van der Waals surface area (Å²) in [6, 6.07) is 12.8. The fourth-order valence-electron chi connectivity index (χ4n) is 3.09. The zero-order chi connectivity index (χ0) is 17.6. The molecule has 0 aromatic heterocycles. The summed E-state index contributed by atoms with van der Waals surface area (Å²) >= 11 is 0. The molecule has 126 valence electrons. The highest BCUT2D eigenvalue weighted by molar-refractivity contribution is 6.08. The monoisotopic (exact) mass is 339 g/mol. The van der Waals surface area contributed by atoms with Gasteiger partial charge in [0.2, 0.25) is 5.54 Å². The minimum atomic E-state index is -1.63. The van der Waals surface area contributed by atoms with Gasteiger partial charge in [0, 0.05) is 16.9 Å². The van der Waals surface area contributed by atoms with Gasteiger partial charge >= 0.3 is 5.70 Å². The Kier molecular flexibility index (Phi) is 3.12. The number of carbonyl (C=O) groups excluding carboxylic acids is 1. The van der Waals surface area contributed by atoms with Crippen molar-refractivity contribution >= 4 is 17.3 Å². The Hall–Kier alpha value is -3.59. The first-order valence-electron chi connectivity index (χ1n) is 7.42. The molecule has 0 fully saturated rings. The number of nitrogens with one attached hydrogen (secondary N) is 4. The molecule has 9 heteroatoms. The minimum Gasteiger partial charge on any atom is -0.508 e. The van der Waals surface area contributed by atoms with Crippen LogP contribution < -0.4 is 21.5 Å². The van der Waals surface area contributed by atoms with E-state index in [-0.39, 0.29) is 17.3 Å². The van der Waals surface area contributed by atoms with E-state index in [2.05, 4.69) is 21.5 Å². The van der Waals surface area contributed by atoms with Crippen LogP contribution in [-0.4, -0.2) is 15.9 Å². The fraction of sp³-hybridized carbons (Fsp3) is 0.0625. The van der Waals surface area contributed by atoms with E-state index >= 15 is 0 Å². The van der Waals surface area contributed by atoms with Crippen LogP contribution in [0.4, 0.5) is 11.4 Å². The third kappa shape index (κ3) is 2.10. The summed E-state index contributed by atoms with van der Waals surface area (Å²) < 4.78 is 0. The number of hydrogen-bond acceptors (Lipinski definition) is 7. The SMILES string of the molecule is O=C1Nc2ccccc2C12NNC(Nc1ccc(O)cc1)=C2[N+](=O)[O-]. The Labute approximate surface area is 141 Å². The van der Waals surface area contributed by atoms with E-state index in [1.165, 1.54) is 12.1 Å². The number of carbonyl (C=O) groups is 1. The van der Waals surface area contributed by atoms with Gasteiger partial charge in [-0.05, 0) is 30.3 Å². The Balaban J connectivity index is 1.83. The van der Waals surface area contributed by atoms with Gasteiger partial charge in [-0.15, -0.1) is 0 Å². The number of hydrogen-bond donors (Lipinski definition) is 5. The second kappa shape index (κ2) is 5.21. The normalized spacial score (nSPS) is 21.0. The van der Waals surface area contributed by atoms with Crippen molar-refractivity contribution in [1.29, 1.82) is 0 Å². The maximum absolute atomic E-state index is 12.6. The van der Waals surface area contributed by atoms with E-state index in [9.17, 15) is 20.0 Å². The zero-order valence-corrected chi connectivity index (χ0v) is 12.7. The smallest absolute Gasteiger partial charge is 0.323 e. The minimum absolute atomic E-state index is 0.0579. The molecule has 1 amide bonds. The highest BCUT2D eigenvalue weighted by Crippen LogP contribution is 2.43. The van der Waals surface area contributed by atoms with Crippen LogP contribution in [0.25, 0.3) is 0 Å². The van der Waals surface area contributed by atoms with Crippen molar-refractivity contribution < 1.29 is 14.8 Å². The van der Waals surface area contributed by atoms with Crippen molar-refractivity contribution in [2.24, 2.45) is 0 Å². The van der Waals surface area contributed by atoms with Gasteiger partial charge in [0.05, 0.1) is 4.92 Å². The molecule has 1 spiro atoms. The van der Waals surface area contributed by atoms with Crippen molar-refractivity contribution in [3.05, 3.63) is 75.7 Å². The molecule has 0 bridgehead atoms. The van der Waals surface area contributed by atoms with Crippen molar-refractivity contribution in [3.8, 4) is 5.75 Å². The molecule has 0 aliphatic carbocycles. The predicted octanol–water partition coefficient (Wildman–Crippen LogP) is 1.21. The van der Waals surface area contributed by atoms with E-state index in [0.29, 0.717) is 16.9 Å². The summed E-state index contributed by atoms with van der Waals surface area (Å²) in [6.07, 6.45) is 0. The van der Waals surface area contributed by atoms with Crippen LogP contribution in [0.3, 0.4) is 0 Å². The Morgan fingerprint density at radius 1 is 1.12 bits per heavy atom. The second-order valence-electron chi connectivity index (χ2n) is 5.65. The largest absolute Gasteiger partial charge is 0.508 e. The lowest BCUT2D eigenvalue weighted by molar-refractivity contribution is -0.434. The van der Waals surface area contributed by atoms with Gasteiger partial charge in [0.15, 0.2) is 5.82 Å². The van der Waals surface area contributed by atoms with Crippen LogP contribution in [-0.2, 0) is 10.3 Å². The number of fused-ring (bicyclic) bond motifs is 2. The van der Waals surface area contributed by atoms with Gasteiger partial charge in [-0.2, -0.15) is 0 Å². The zero-order valence-electron chi connectivity index (χ0n) is 12.7. The van der Waals surface area contributed by atoms with Gasteiger partial charge in [-0.1, -0.05) is 18.2 Å². The quantitative estimate of drug-likeness (QED) is 0.323. The summed E-state index contributed by atoms with van der Waals surface area (Å²) in [6.45, 7) is 0. The molecular weight excluding hydrogens is 326 g/mol. The van der Waals surface area contributed by atoms with Gasteiger partial charge in [-0.25, -0.2) is 5.43 Å². The van der Waals surface area contributed by atoms with Crippen LogP contribution in [0, 0.1) is 10.1 Å². The van der Waals surface area contributed by atoms with Crippen molar-refractivity contribution in [3.63, 3.8) is 0 Å². The molecule has 4 rings (SSSR count). The standard InChI is InChI=1S/C16H13N5O4/c22-10-7-5-9(6-8-10)17-14-13(21(24)25)16(20-19-14)11-3-1-2-4-12(11)18-15(16)23/h1-8,17,19-20,22H,(H,18,23). The molecule has 25 heavy (non-hydrogen) atoms. The molecule has 2 aromatic rings.